The average Bonchev–Trinajstić information content (AvgIpc) is 2.80. The van der Waals surface area contributed by atoms with Crippen LogP contribution in [-0.4, -0.2) is 46.7 Å². The van der Waals surface area contributed by atoms with E-state index in [1.165, 1.54) is 4.90 Å². The molecular formula is C26H28F3NO6. The summed E-state index contributed by atoms with van der Waals surface area (Å²) in [5, 5.41) is 9.82. The van der Waals surface area contributed by atoms with Crippen molar-refractivity contribution in [3.8, 4) is 0 Å². The molecule has 1 aliphatic heterocycles. The van der Waals surface area contributed by atoms with Crippen molar-refractivity contribution in [1.29, 1.82) is 0 Å². The Morgan fingerprint density at radius 1 is 1.06 bits per heavy atom. The van der Waals surface area contributed by atoms with E-state index in [9.17, 15) is 32.7 Å². The molecule has 0 spiro atoms. The monoisotopic (exact) mass is 507 g/mol. The number of likely N-dealkylation sites (tertiary alicyclic amines) is 1. The first-order chi connectivity index (χ1) is 16.8. The van der Waals surface area contributed by atoms with Crippen LogP contribution in [0.5, 0.6) is 0 Å². The fraction of sp³-hybridized carbons (Fsp3) is 0.423. The summed E-state index contributed by atoms with van der Waals surface area (Å²) >= 11 is 0. The predicted molar refractivity (Wildman–Crippen MR) is 123 cm³/mol. The molecule has 1 aliphatic rings. The lowest BCUT2D eigenvalue weighted by Gasteiger charge is -2.37. The number of hydrogen-bond acceptors (Lipinski definition) is 5. The maximum absolute atomic E-state index is 13.4. The van der Waals surface area contributed by atoms with Gasteiger partial charge in [0.05, 0.1) is 17.0 Å². The number of benzene rings is 2. The molecule has 0 saturated carbocycles. The summed E-state index contributed by atoms with van der Waals surface area (Å²) in [6.07, 6.45) is -5.37. The Hall–Kier alpha value is -3.56. The average molecular weight is 508 g/mol. The van der Waals surface area contributed by atoms with E-state index in [4.69, 9.17) is 9.47 Å². The van der Waals surface area contributed by atoms with Crippen LogP contribution in [0.1, 0.15) is 60.2 Å². The molecule has 194 valence electrons. The van der Waals surface area contributed by atoms with Gasteiger partial charge in [0.2, 0.25) is 0 Å². The summed E-state index contributed by atoms with van der Waals surface area (Å²) in [6.45, 7) is 4.66. The second-order valence-electron chi connectivity index (χ2n) is 9.63. The fourth-order valence-corrected chi connectivity index (χ4v) is 4.10. The molecule has 0 radical (unpaired) electrons. The third-order valence-corrected chi connectivity index (χ3v) is 5.79. The summed E-state index contributed by atoms with van der Waals surface area (Å²) in [4.78, 5) is 39.0. The van der Waals surface area contributed by atoms with Crippen molar-refractivity contribution in [2.75, 3.05) is 13.1 Å². The minimum atomic E-state index is -4.72. The smallest absolute Gasteiger partial charge is 0.416 e. The largest absolute Gasteiger partial charge is 0.481 e. The van der Waals surface area contributed by atoms with Gasteiger partial charge in [-0.25, -0.2) is 9.59 Å². The molecule has 1 N–H and O–H groups in total. The Morgan fingerprint density at radius 3 is 2.31 bits per heavy atom. The summed E-state index contributed by atoms with van der Waals surface area (Å²) in [6, 6.07) is 11.5. The van der Waals surface area contributed by atoms with Gasteiger partial charge in [0.25, 0.3) is 0 Å². The first-order valence-electron chi connectivity index (χ1n) is 11.4. The number of carbonyl (C=O) groups excluding carboxylic acids is 2. The molecule has 0 aliphatic carbocycles. The highest BCUT2D eigenvalue weighted by Gasteiger charge is 2.40. The van der Waals surface area contributed by atoms with Crippen LogP contribution in [0.2, 0.25) is 0 Å². The van der Waals surface area contributed by atoms with Gasteiger partial charge >= 0.3 is 24.2 Å². The molecule has 0 bridgehead atoms. The molecule has 1 heterocycles. The Labute approximate surface area is 206 Å². The van der Waals surface area contributed by atoms with E-state index in [1.54, 1.807) is 45.0 Å². The zero-order valence-corrected chi connectivity index (χ0v) is 20.2. The van der Waals surface area contributed by atoms with Gasteiger partial charge in [-0.05, 0) is 50.5 Å². The van der Waals surface area contributed by atoms with Gasteiger partial charge in [-0.2, -0.15) is 13.2 Å². The molecule has 2 aromatic rings. The number of amides is 1. The lowest BCUT2D eigenvalue weighted by Crippen LogP contribution is -2.45. The Kier molecular flexibility index (Phi) is 7.96. The Morgan fingerprint density at radius 2 is 1.72 bits per heavy atom. The van der Waals surface area contributed by atoms with Crippen molar-refractivity contribution < 1.29 is 42.1 Å². The second-order valence-corrected chi connectivity index (χ2v) is 9.63. The second kappa shape index (κ2) is 10.6. The molecule has 3 rings (SSSR count). The van der Waals surface area contributed by atoms with Gasteiger partial charge in [0.1, 0.15) is 12.2 Å². The number of esters is 1. The highest BCUT2D eigenvalue weighted by atomic mass is 19.4. The normalized spacial score (nSPS) is 18.4. The predicted octanol–water partition coefficient (Wildman–Crippen LogP) is 5.49. The van der Waals surface area contributed by atoms with Gasteiger partial charge in [-0.3, -0.25) is 4.79 Å². The maximum Gasteiger partial charge on any atom is 0.416 e. The molecule has 1 saturated heterocycles. The molecule has 36 heavy (non-hydrogen) atoms. The van der Waals surface area contributed by atoms with E-state index >= 15 is 0 Å². The lowest BCUT2D eigenvalue weighted by atomic mass is 9.78. The number of carboxylic acids is 1. The number of nitrogens with zero attached hydrogens (tertiary/aromatic N) is 1. The first kappa shape index (κ1) is 27.0. The minimum absolute atomic E-state index is 0.00658. The van der Waals surface area contributed by atoms with Crippen molar-refractivity contribution >= 4 is 18.0 Å². The van der Waals surface area contributed by atoms with E-state index in [0.29, 0.717) is 6.07 Å². The number of hydrogen-bond donors (Lipinski definition) is 1. The van der Waals surface area contributed by atoms with E-state index in [2.05, 4.69) is 0 Å². The van der Waals surface area contributed by atoms with Crippen LogP contribution in [0.15, 0.2) is 48.5 Å². The van der Waals surface area contributed by atoms with Crippen molar-refractivity contribution in [3.63, 3.8) is 0 Å². The van der Waals surface area contributed by atoms with Crippen molar-refractivity contribution in [3.05, 3.63) is 70.8 Å². The van der Waals surface area contributed by atoms with Gasteiger partial charge in [-0.15, -0.1) is 0 Å². The highest BCUT2D eigenvalue weighted by Crippen LogP contribution is 2.38. The van der Waals surface area contributed by atoms with Crippen LogP contribution < -0.4 is 0 Å². The molecule has 2 atom stereocenters. The van der Waals surface area contributed by atoms with Crippen molar-refractivity contribution in [2.24, 2.45) is 5.92 Å². The number of alkyl halides is 3. The number of piperidine rings is 1. The fourth-order valence-electron chi connectivity index (χ4n) is 4.10. The zero-order chi connectivity index (χ0) is 26.7. The summed E-state index contributed by atoms with van der Waals surface area (Å²) in [7, 11) is 0. The van der Waals surface area contributed by atoms with E-state index in [-0.39, 0.29) is 37.2 Å². The summed E-state index contributed by atoms with van der Waals surface area (Å²) in [5.74, 6) is -4.16. The minimum Gasteiger partial charge on any atom is -0.481 e. The maximum atomic E-state index is 13.4. The van der Waals surface area contributed by atoms with Gasteiger partial charge in [0, 0.05) is 19.0 Å². The molecule has 10 heteroatoms. The van der Waals surface area contributed by atoms with Crippen LogP contribution in [0.4, 0.5) is 18.0 Å². The number of carboxylic acid groups (broad SMARTS) is 1. The van der Waals surface area contributed by atoms with Gasteiger partial charge < -0.3 is 19.5 Å². The van der Waals surface area contributed by atoms with E-state index < -0.39 is 47.2 Å². The Balaban J connectivity index is 1.93. The van der Waals surface area contributed by atoms with Crippen LogP contribution in [-0.2, 0) is 27.1 Å². The number of ether oxygens (including phenoxy) is 2. The SMILES string of the molecule is CC(C)(C)OC(=O)c1cc(C(F)(F)F)ccc1C1CN(C(=O)OCc2ccccc2)CCC1C(=O)O. The molecule has 7 nitrogen and oxygen atoms in total. The molecule has 0 aromatic heterocycles. The third-order valence-electron chi connectivity index (χ3n) is 5.79. The first-order valence-corrected chi connectivity index (χ1v) is 11.4. The Bertz CT molecular complexity index is 1110. The third kappa shape index (κ3) is 6.77. The van der Waals surface area contributed by atoms with Crippen molar-refractivity contribution in [1.82, 2.24) is 4.90 Å². The quantitative estimate of drug-likeness (QED) is 0.538. The topological polar surface area (TPSA) is 93.1 Å². The lowest BCUT2D eigenvalue weighted by molar-refractivity contribution is -0.144. The summed E-state index contributed by atoms with van der Waals surface area (Å²) in [5.41, 5.74) is -1.60. The molecular weight excluding hydrogens is 479 g/mol. The molecule has 2 aromatic carbocycles. The summed E-state index contributed by atoms with van der Waals surface area (Å²) < 4.78 is 51.0. The highest BCUT2D eigenvalue weighted by molar-refractivity contribution is 5.92. The van der Waals surface area contributed by atoms with Crippen LogP contribution in [0.25, 0.3) is 0 Å². The van der Waals surface area contributed by atoms with Crippen LogP contribution >= 0.6 is 0 Å². The molecule has 1 fully saturated rings. The zero-order valence-electron chi connectivity index (χ0n) is 20.2. The number of carbonyl (C=O) groups is 3. The van der Waals surface area contributed by atoms with Gasteiger partial charge in [-0.1, -0.05) is 36.4 Å². The van der Waals surface area contributed by atoms with Gasteiger partial charge in [0.15, 0.2) is 0 Å². The standard InChI is InChI=1S/C26H28F3NO6/c1-25(2,3)36-23(33)20-13-17(26(27,28)29)9-10-18(20)21-14-30(12-11-19(21)22(31)32)24(34)35-15-16-7-5-4-6-8-16/h4-10,13,19,21H,11-12,14-15H2,1-3H3,(H,31,32). The van der Waals surface area contributed by atoms with Crippen LogP contribution in [0, 0.1) is 5.92 Å². The molecule has 2 unspecified atom stereocenters. The number of rotatable bonds is 5. The van der Waals surface area contributed by atoms with Crippen molar-refractivity contribution in [2.45, 2.75) is 51.5 Å². The molecule has 1 amide bonds. The number of aliphatic carboxylic acids is 1. The van der Waals surface area contributed by atoms with E-state index in [0.717, 1.165) is 17.7 Å². The van der Waals surface area contributed by atoms with E-state index in [1.807, 2.05) is 6.07 Å². The number of halogens is 3. The van der Waals surface area contributed by atoms with Crippen LogP contribution in [0.3, 0.4) is 0 Å².